The molecule has 13 heteroatoms. The van der Waals surface area contributed by atoms with Gasteiger partial charge >= 0.3 is 0 Å². The maximum absolute atomic E-state index is 12.9. The van der Waals surface area contributed by atoms with E-state index in [1.54, 1.807) is 53.3 Å². The number of hydrogen-bond donors (Lipinski definition) is 1. The van der Waals surface area contributed by atoms with E-state index < -0.39 is 13.0 Å². The lowest BCUT2D eigenvalue weighted by Crippen LogP contribution is -2.17. The van der Waals surface area contributed by atoms with Crippen LogP contribution >= 0.6 is 0 Å². The van der Waals surface area contributed by atoms with Crippen molar-refractivity contribution in [3.63, 3.8) is 0 Å². The van der Waals surface area contributed by atoms with Crippen molar-refractivity contribution in [3.8, 4) is 40.0 Å². The minimum Gasteiger partial charge on any atom is -0.490 e. The standard InChI is InChI=1S/C25H28F2N8O3/c1-14(2)35-12-18(24(33-35)37-13-20(26)27)16-10-29-22-9-19(16)38-15(3)6-8-36-25-17(11-30-34(25)4)23-28-7-5-21(31-22)32-23/h5,7,9-12,14-15,20H,6,8,13H2,1-4H3,(H,28,29,31,32)/t15-/m0/s1. The van der Waals surface area contributed by atoms with Crippen molar-refractivity contribution in [2.24, 2.45) is 7.05 Å². The number of nitrogens with zero attached hydrogens (tertiary/aromatic N) is 7. The quantitative estimate of drug-likeness (QED) is 0.397. The molecule has 4 bridgehead atoms. The minimum atomic E-state index is -2.64. The fourth-order valence-corrected chi connectivity index (χ4v) is 3.92. The van der Waals surface area contributed by atoms with Gasteiger partial charge < -0.3 is 19.5 Å². The van der Waals surface area contributed by atoms with Crippen LogP contribution in [0.25, 0.3) is 22.5 Å². The van der Waals surface area contributed by atoms with Crippen LogP contribution in [-0.2, 0) is 7.05 Å². The van der Waals surface area contributed by atoms with E-state index in [1.165, 1.54) is 0 Å². The van der Waals surface area contributed by atoms with E-state index in [0.717, 1.165) is 0 Å². The molecule has 4 aromatic rings. The number of anilines is 2. The van der Waals surface area contributed by atoms with Crippen LogP contribution in [0.2, 0.25) is 0 Å². The van der Waals surface area contributed by atoms with Gasteiger partial charge in [-0.1, -0.05) is 0 Å². The predicted octanol–water partition coefficient (Wildman–Crippen LogP) is 4.65. The highest BCUT2D eigenvalue weighted by Crippen LogP contribution is 2.39. The van der Waals surface area contributed by atoms with Crippen LogP contribution in [0.4, 0.5) is 20.4 Å². The summed E-state index contributed by atoms with van der Waals surface area (Å²) in [5.74, 6) is 2.55. The molecule has 4 aromatic heterocycles. The monoisotopic (exact) mass is 526 g/mol. The van der Waals surface area contributed by atoms with Gasteiger partial charge in [-0.15, -0.1) is 5.10 Å². The van der Waals surface area contributed by atoms with Crippen molar-refractivity contribution >= 4 is 11.6 Å². The molecule has 0 radical (unpaired) electrons. The fourth-order valence-electron chi connectivity index (χ4n) is 3.92. The number of halogens is 2. The average Bonchev–Trinajstić information content (AvgIpc) is 3.46. The Labute approximate surface area is 217 Å². The zero-order valence-corrected chi connectivity index (χ0v) is 21.4. The number of fused-ring (bicyclic) bond motifs is 6. The first-order chi connectivity index (χ1) is 18.3. The molecule has 1 aliphatic heterocycles. The van der Waals surface area contributed by atoms with Gasteiger partial charge in [0, 0.05) is 49.7 Å². The Balaban J connectivity index is 1.56. The Morgan fingerprint density at radius 3 is 2.79 bits per heavy atom. The van der Waals surface area contributed by atoms with Gasteiger partial charge in [0.25, 0.3) is 6.43 Å². The Kier molecular flexibility index (Phi) is 7.07. The summed E-state index contributed by atoms with van der Waals surface area (Å²) in [4.78, 5) is 13.5. The van der Waals surface area contributed by atoms with Gasteiger partial charge in [0.2, 0.25) is 11.8 Å². The Morgan fingerprint density at radius 1 is 1.16 bits per heavy atom. The molecule has 0 spiro atoms. The normalized spacial score (nSPS) is 15.3. The summed E-state index contributed by atoms with van der Waals surface area (Å²) in [6, 6.07) is 3.44. The first kappa shape index (κ1) is 25.4. The van der Waals surface area contributed by atoms with Crippen molar-refractivity contribution in [1.82, 2.24) is 34.5 Å². The topological polar surface area (TPSA) is 114 Å². The zero-order chi connectivity index (χ0) is 26.8. The van der Waals surface area contributed by atoms with Crippen molar-refractivity contribution in [2.45, 2.75) is 45.8 Å². The van der Waals surface area contributed by atoms with Crippen LogP contribution in [0.3, 0.4) is 0 Å². The van der Waals surface area contributed by atoms with Crippen LogP contribution < -0.4 is 19.5 Å². The fraction of sp³-hybridized carbons (Fsp3) is 0.400. The highest BCUT2D eigenvalue weighted by Gasteiger charge is 2.22. The molecule has 0 unspecified atom stereocenters. The molecule has 38 heavy (non-hydrogen) atoms. The predicted molar refractivity (Wildman–Crippen MR) is 135 cm³/mol. The van der Waals surface area contributed by atoms with E-state index in [0.29, 0.717) is 58.8 Å². The van der Waals surface area contributed by atoms with E-state index in [4.69, 9.17) is 14.2 Å². The number of aryl methyl sites for hydroxylation is 1. The number of nitrogens with one attached hydrogen (secondary N) is 1. The molecular weight excluding hydrogens is 498 g/mol. The maximum atomic E-state index is 12.9. The van der Waals surface area contributed by atoms with Crippen LogP contribution in [0.5, 0.6) is 17.5 Å². The SMILES string of the molecule is CC(C)n1cc(-c2cnc3cc2O[C@@H](C)CCOc2c(cnn2C)-c2nccc(n2)N3)c(OCC(F)F)n1. The molecule has 0 amide bonds. The third-order valence-corrected chi connectivity index (χ3v) is 5.86. The molecule has 1 N–H and O–H groups in total. The Morgan fingerprint density at radius 2 is 2.00 bits per heavy atom. The summed E-state index contributed by atoms with van der Waals surface area (Å²) in [6.07, 6.45) is 4.30. The van der Waals surface area contributed by atoms with E-state index >= 15 is 0 Å². The summed E-state index contributed by atoms with van der Waals surface area (Å²) in [5, 5.41) is 11.9. The lowest BCUT2D eigenvalue weighted by molar-refractivity contribution is 0.0793. The molecule has 5 rings (SSSR count). The number of aromatic nitrogens is 7. The zero-order valence-electron chi connectivity index (χ0n) is 21.4. The highest BCUT2D eigenvalue weighted by atomic mass is 19.3. The number of hydrogen-bond acceptors (Lipinski definition) is 9. The molecule has 0 aromatic carbocycles. The number of pyridine rings is 1. The summed E-state index contributed by atoms with van der Waals surface area (Å²) in [6.45, 7) is 5.38. The molecule has 1 aliphatic rings. The number of alkyl halides is 2. The van der Waals surface area contributed by atoms with Crippen molar-refractivity contribution < 1.29 is 23.0 Å². The molecular formula is C25H28F2N8O3. The second-order valence-electron chi connectivity index (χ2n) is 9.13. The summed E-state index contributed by atoms with van der Waals surface area (Å²) in [5.41, 5.74) is 1.73. The van der Waals surface area contributed by atoms with Gasteiger partial charge in [-0.25, -0.2) is 28.4 Å². The van der Waals surface area contributed by atoms with Crippen molar-refractivity contribution in [1.29, 1.82) is 0 Å². The van der Waals surface area contributed by atoms with Crippen molar-refractivity contribution in [2.75, 3.05) is 18.5 Å². The van der Waals surface area contributed by atoms with Crippen LogP contribution in [0.1, 0.15) is 33.2 Å². The van der Waals surface area contributed by atoms with Gasteiger partial charge in [0.05, 0.1) is 24.5 Å². The van der Waals surface area contributed by atoms with Gasteiger partial charge in [-0.2, -0.15) is 5.10 Å². The van der Waals surface area contributed by atoms with Crippen LogP contribution in [0.15, 0.2) is 36.9 Å². The van der Waals surface area contributed by atoms with Gasteiger partial charge in [-0.05, 0) is 26.8 Å². The van der Waals surface area contributed by atoms with Crippen LogP contribution in [-0.4, -0.2) is 60.3 Å². The number of rotatable bonds is 5. The van der Waals surface area contributed by atoms with Gasteiger partial charge in [0.15, 0.2) is 12.4 Å². The molecule has 0 aliphatic carbocycles. The minimum absolute atomic E-state index is 0.0126. The smallest absolute Gasteiger partial charge is 0.272 e. The molecule has 200 valence electrons. The number of ether oxygens (including phenoxy) is 3. The Hall–Kier alpha value is -4.29. The van der Waals surface area contributed by atoms with Gasteiger partial charge in [-0.3, -0.25) is 4.68 Å². The lowest BCUT2D eigenvalue weighted by atomic mass is 10.1. The molecule has 11 nitrogen and oxygen atoms in total. The Bertz CT molecular complexity index is 1420. The van der Waals surface area contributed by atoms with E-state index in [2.05, 4.69) is 30.5 Å². The van der Waals surface area contributed by atoms with Crippen molar-refractivity contribution in [3.05, 3.63) is 36.9 Å². The molecule has 0 saturated carbocycles. The van der Waals surface area contributed by atoms with E-state index in [9.17, 15) is 8.78 Å². The first-order valence-electron chi connectivity index (χ1n) is 12.2. The van der Waals surface area contributed by atoms with Crippen LogP contribution in [0, 0.1) is 0 Å². The average molecular weight is 527 g/mol. The largest absolute Gasteiger partial charge is 0.490 e. The summed E-state index contributed by atoms with van der Waals surface area (Å²) in [7, 11) is 1.79. The molecule has 1 atom stereocenters. The summed E-state index contributed by atoms with van der Waals surface area (Å²) >= 11 is 0. The molecule has 0 fully saturated rings. The lowest BCUT2D eigenvalue weighted by Gasteiger charge is -2.19. The maximum Gasteiger partial charge on any atom is 0.272 e. The third kappa shape index (κ3) is 5.36. The van der Waals surface area contributed by atoms with E-state index in [-0.39, 0.29) is 18.0 Å². The molecule has 5 heterocycles. The second kappa shape index (κ2) is 10.6. The highest BCUT2D eigenvalue weighted by molar-refractivity contribution is 5.75. The second-order valence-corrected chi connectivity index (χ2v) is 9.13. The first-order valence-corrected chi connectivity index (χ1v) is 12.2. The van der Waals surface area contributed by atoms with E-state index in [1.807, 2.05) is 20.8 Å². The third-order valence-electron chi connectivity index (χ3n) is 5.86. The molecule has 0 saturated heterocycles. The summed E-state index contributed by atoms with van der Waals surface area (Å²) < 4.78 is 46.9. The van der Waals surface area contributed by atoms with Gasteiger partial charge in [0.1, 0.15) is 22.9 Å².